The van der Waals surface area contributed by atoms with Gasteiger partial charge in [-0.1, -0.05) is 32.4 Å². The van der Waals surface area contributed by atoms with E-state index in [9.17, 15) is 4.79 Å². The molecule has 0 aliphatic heterocycles. The van der Waals surface area contributed by atoms with E-state index < -0.39 is 5.60 Å². The maximum absolute atomic E-state index is 12.5. The third-order valence-electron chi connectivity index (χ3n) is 3.87. The quantitative estimate of drug-likeness (QED) is 0.774. The number of carbonyl (C=O) groups is 1. The molecule has 0 saturated carbocycles. The van der Waals surface area contributed by atoms with E-state index in [1.807, 2.05) is 27.8 Å². The number of Topliss-reactive ketones (excluding diaryl/α,β-unsaturated/α-hetero) is 1. The summed E-state index contributed by atoms with van der Waals surface area (Å²) >= 11 is 6.28. The van der Waals surface area contributed by atoms with Crippen molar-refractivity contribution in [3.63, 3.8) is 0 Å². The second-order valence-electron chi connectivity index (χ2n) is 4.69. The van der Waals surface area contributed by atoms with E-state index in [-0.39, 0.29) is 12.2 Å². The van der Waals surface area contributed by atoms with Crippen LogP contribution >= 0.6 is 11.6 Å². The fourth-order valence-electron chi connectivity index (χ4n) is 2.37. The molecule has 5 heteroatoms. The zero-order valence-corrected chi connectivity index (χ0v) is 13.2. The number of aromatic nitrogens is 2. The van der Waals surface area contributed by atoms with Crippen LogP contribution in [-0.2, 0) is 29.4 Å². The van der Waals surface area contributed by atoms with Gasteiger partial charge in [0.1, 0.15) is 5.60 Å². The van der Waals surface area contributed by atoms with Crippen LogP contribution in [0.5, 0.6) is 0 Å². The summed E-state index contributed by atoms with van der Waals surface area (Å²) in [5, 5.41) is 4.94. The molecule has 1 aromatic rings. The number of hydrogen-bond acceptors (Lipinski definition) is 3. The summed E-state index contributed by atoms with van der Waals surface area (Å²) in [6, 6.07) is 0. The van der Waals surface area contributed by atoms with Gasteiger partial charge in [0.15, 0.2) is 5.78 Å². The third kappa shape index (κ3) is 3.00. The largest absolute Gasteiger partial charge is 0.370 e. The Hall–Kier alpha value is -0.870. The molecule has 0 spiro atoms. The zero-order valence-electron chi connectivity index (χ0n) is 12.4. The Kier molecular flexibility index (Phi) is 5.56. The van der Waals surface area contributed by atoms with Crippen LogP contribution in [0.25, 0.3) is 0 Å². The van der Waals surface area contributed by atoms with Crippen LogP contribution < -0.4 is 0 Å². The molecule has 0 aromatic carbocycles. The number of nitrogens with zero attached hydrogens (tertiary/aromatic N) is 2. The highest BCUT2D eigenvalue weighted by atomic mass is 35.5. The van der Waals surface area contributed by atoms with Crippen molar-refractivity contribution in [1.82, 2.24) is 9.78 Å². The molecule has 0 fully saturated rings. The van der Waals surface area contributed by atoms with Gasteiger partial charge in [-0.3, -0.25) is 9.48 Å². The zero-order chi connectivity index (χ0) is 14.6. The molecule has 0 aliphatic rings. The minimum Gasteiger partial charge on any atom is -0.370 e. The molecular formula is C14H23ClN2O2. The van der Waals surface area contributed by atoms with Crippen molar-refractivity contribution in [3.05, 3.63) is 16.4 Å². The average Bonchev–Trinajstić information content (AvgIpc) is 2.69. The van der Waals surface area contributed by atoms with Crippen molar-refractivity contribution >= 4 is 17.4 Å². The number of aryl methyl sites for hydroxylation is 2. The standard InChI is InChI=1S/C14H23ClN2O2/c1-6-10-13(15)11(17(4)16-10)9-12(18)14(7-2,8-3)19-5/h6-9H2,1-5H3. The van der Waals surface area contributed by atoms with Crippen LogP contribution in [-0.4, -0.2) is 28.3 Å². The first-order valence-corrected chi connectivity index (χ1v) is 7.12. The fraction of sp³-hybridized carbons (Fsp3) is 0.714. The summed E-state index contributed by atoms with van der Waals surface area (Å²) in [5.41, 5.74) is 0.898. The lowest BCUT2D eigenvalue weighted by Crippen LogP contribution is -2.40. The Balaban J connectivity index is 3.02. The van der Waals surface area contributed by atoms with Crippen LogP contribution in [0, 0.1) is 0 Å². The van der Waals surface area contributed by atoms with Crippen molar-refractivity contribution < 1.29 is 9.53 Å². The molecule has 1 heterocycles. The lowest BCUT2D eigenvalue weighted by molar-refractivity contribution is -0.141. The third-order valence-corrected chi connectivity index (χ3v) is 4.31. The number of hydrogen-bond donors (Lipinski definition) is 0. The summed E-state index contributed by atoms with van der Waals surface area (Å²) in [6.07, 6.45) is 2.35. The summed E-state index contributed by atoms with van der Waals surface area (Å²) in [5.74, 6) is 0.0625. The van der Waals surface area contributed by atoms with E-state index in [1.54, 1.807) is 11.8 Å². The number of ketones is 1. The van der Waals surface area contributed by atoms with E-state index in [0.717, 1.165) is 17.8 Å². The maximum atomic E-state index is 12.5. The van der Waals surface area contributed by atoms with Gasteiger partial charge in [-0.25, -0.2) is 0 Å². The molecule has 1 aromatic heterocycles. The fourth-order valence-corrected chi connectivity index (χ4v) is 2.73. The topological polar surface area (TPSA) is 44.1 Å². The molecule has 108 valence electrons. The Morgan fingerprint density at radius 2 is 1.95 bits per heavy atom. The predicted octanol–water partition coefficient (Wildman–Crippen LogP) is 2.95. The van der Waals surface area contributed by atoms with Crippen LogP contribution in [0.4, 0.5) is 0 Å². The smallest absolute Gasteiger partial charge is 0.170 e. The van der Waals surface area contributed by atoms with Crippen LogP contribution in [0.15, 0.2) is 0 Å². The second-order valence-corrected chi connectivity index (χ2v) is 5.07. The highest BCUT2D eigenvalue weighted by Gasteiger charge is 2.35. The second kappa shape index (κ2) is 6.53. The van der Waals surface area contributed by atoms with Crippen molar-refractivity contribution in [3.8, 4) is 0 Å². The molecule has 4 nitrogen and oxygen atoms in total. The summed E-state index contributed by atoms with van der Waals surface area (Å²) in [7, 11) is 3.41. The van der Waals surface area contributed by atoms with Gasteiger partial charge in [-0.15, -0.1) is 0 Å². The van der Waals surface area contributed by atoms with E-state index in [4.69, 9.17) is 16.3 Å². The maximum Gasteiger partial charge on any atom is 0.170 e. The summed E-state index contributed by atoms with van der Waals surface area (Å²) in [4.78, 5) is 12.5. The SMILES string of the molecule is CCc1nn(C)c(CC(=O)C(CC)(CC)OC)c1Cl. The number of halogens is 1. The Morgan fingerprint density at radius 3 is 2.32 bits per heavy atom. The summed E-state index contributed by atoms with van der Waals surface area (Å²) in [6.45, 7) is 5.93. The van der Waals surface area contributed by atoms with Gasteiger partial charge >= 0.3 is 0 Å². The molecule has 0 bridgehead atoms. The van der Waals surface area contributed by atoms with Crippen molar-refractivity contribution in [1.29, 1.82) is 0 Å². The van der Waals surface area contributed by atoms with Gasteiger partial charge < -0.3 is 4.74 Å². The lowest BCUT2D eigenvalue weighted by atomic mass is 9.89. The molecule has 0 unspecified atom stereocenters. The van der Waals surface area contributed by atoms with Crippen LogP contribution in [0.1, 0.15) is 45.0 Å². The molecule has 0 amide bonds. The van der Waals surface area contributed by atoms with Gasteiger partial charge in [0.2, 0.25) is 0 Å². The van der Waals surface area contributed by atoms with E-state index in [0.29, 0.717) is 17.9 Å². The molecule has 0 radical (unpaired) electrons. The first-order chi connectivity index (χ1) is 8.95. The highest BCUT2D eigenvalue weighted by molar-refractivity contribution is 6.32. The Morgan fingerprint density at radius 1 is 1.37 bits per heavy atom. The molecule has 1 rings (SSSR count). The number of rotatable bonds is 7. The van der Waals surface area contributed by atoms with Gasteiger partial charge in [-0.2, -0.15) is 5.10 Å². The molecule has 0 aliphatic carbocycles. The molecule has 0 N–H and O–H groups in total. The highest BCUT2D eigenvalue weighted by Crippen LogP contribution is 2.26. The Labute approximate surface area is 120 Å². The van der Waals surface area contributed by atoms with Crippen molar-refractivity contribution in [2.45, 2.75) is 52.1 Å². The van der Waals surface area contributed by atoms with Gasteiger partial charge in [0.25, 0.3) is 0 Å². The first kappa shape index (κ1) is 16.2. The van der Waals surface area contributed by atoms with E-state index in [1.165, 1.54) is 0 Å². The minimum absolute atomic E-state index is 0.0625. The van der Waals surface area contributed by atoms with Crippen LogP contribution in [0.2, 0.25) is 5.02 Å². The van der Waals surface area contributed by atoms with Gasteiger partial charge in [0.05, 0.1) is 22.8 Å². The van der Waals surface area contributed by atoms with E-state index in [2.05, 4.69) is 5.10 Å². The lowest BCUT2D eigenvalue weighted by Gasteiger charge is -2.28. The van der Waals surface area contributed by atoms with Crippen LogP contribution in [0.3, 0.4) is 0 Å². The van der Waals surface area contributed by atoms with Crippen molar-refractivity contribution in [2.24, 2.45) is 7.05 Å². The minimum atomic E-state index is -0.708. The molecular weight excluding hydrogens is 264 g/mol. The molecule has 19 heavy (non-hydrogen) atoms. The normalized spacial score (nSPS) is 11.9. The average molecular weight is 287 g/mol. The van der Waals surface area contributed by atoms with Gasteiger partial charge in [0, 0.05) is 14.2 Å². The number of methoxy groups -OCH3 is 1. The molecule has 0 saturated heterocycles. The first-order valence-electron chi connectivity index (χ1n) is 6.74. The van der Waals surface area contributed by atoms with Gasteiger partial charge in [-0.05, 0) is 19.3 Å². The predicted molar refractivity (Wildman–Crippen MR) is 76.6 cm³/mol. The Bertz CT molecular complexity index is 442. The monoisotopic (exact) mass is 286 g/mol. The summed E-state index contributed by atoms with van der Waals surface area (Å²) < 4.78 is 7.16. The molecule has 0 atom stereocenters. The van der Waals surface area contributed by atoms with Crippen molar-refractivity contribution in [2.75, 3.05) is 7.11 Å². The number of ether oxygens (including phenoxy) is 1. The van der Waals surface area contributed by atoms with E-state index >= 15 is 0 Å². The number of carbonyl (C=O) groups excluding carboxylic acids is 1.